The fourth-order valence-electron chi connectivity index (χ4n) is 2.37. The third-order valence-electron chi connectivity index (χ3n) is 3.74. The number of methoxy groups -OCH3 is 2. The standard InChI is InChI=1S/C20H21NO5S/c1-25-17(22)13-16(20(24)26-2)21-19(23)18(14-9-5-3-6-10-14)27-15-11-7-4-8-12-15/h3-12,16,18H,13H2,1-2H3,(H,21,23)/t16-,18+/m0/s1. The number of hydrogen-bond donors (Lipinski definition) is 1. The summed E-state index contributed by atoms with van der Waals surface area (Å²) in [7, 11) is 2.42. The van der Waals surface area contributed by atoms with Gasteiger partial charge >= 0.3 is 11.9 Å². The molecule has 0 saturated heterocycles. The van der Waals surface area contributed by atoms with Crippen LogP contribution in [0.5, 0.6) is 0 Å². The third kappa shape index (κ3) is 6.14. The number of benzene rings is 2. The maximum Gasteiger partial charge on any atom is 0.328 e. The molecule has 0 saturated carbocycles. The number of rotatable bonds is 8. The van der Waals surface area contributed by atoms with Crippen LogP contribution in [0.25, 0.3) is 0 Å². The van der Waals surface area contributed by atoms with Crippen LogP contribution < -0.4 is 5.32 Å². The van der Waals surface area contributed by atoms with Crippen molar-refractivity contribution in [1.82, 2.24) is 5.32 Å². The van der Waals surface area contributed by atoms with E-state index in [0.717, 1.165) is 10.5 Å². The highest BCUT2D eigenvalue weighted by atomic mass is 32.2. The number of hydrogen-bond acceptors (Lipinski definition) is 6. The Balaban J connectivity index is 2.23. The molecule has 1 amide bonds. The Morgan fingerprint density at radius 3 is 2.07 bits per heavy atom. The molecule has 1 N–H and O–H groups in total. The smallest absolute Gasteiger partial charge is 0.328 e. The Bertz CT molecular complexity index is 766. The molecule has 0 bridgehead atoms. The van der Waals surface area contributed by atoms with Crippen molar-refractivity contribution in [1.29, 1.82) is 0 Å². The van der Waals surface area contributed by atoms with E-state index >= 15 is 0 Å². The van der Waals surface area contributed by atoms with Crippen LogP contribution >= 0.6 is 11.8 Å². The zero-order chi connectivity index (χ0) is 19.6. The van der Waals surface area contributed by atoms with E-state index in [1.807, 2.05) is 60.7 Å². The molecular weight excluding hydrogens is 366 g/mol. The molecular formula is C20H21NO5S. The second kappa shape index (κ2) is 10.4. The normalized spacial score (nSPS) is 12.5. The highest BCUT2D eigenvalue weighted by molar-refractivity contribution is 8.00. The molecule has 0 aliphatic carbocycles. The van der Waals surface area contributed by atoms with E-state index in [2.05, 4.69) is 10.1 Å². The van der Waals surface area contributed by atoms with Gasteiger partial charge in [0.2, 0.25) is 5.91 Å². The van der Waals surface area contributed by atoms with Gasteiger partial charge in [0.25, 0.3) is 0 Å². The summed E-state index contributed by atoms with van der Waals surface area (Å²) >= 11 is 1.36. The van der Waals surface area contributed by atoms with E-state index in [-0.39, 0.29) is 6.42 Å². The number of esters is 2. The molecule has 0 unspecified atom stereocenters. The Morgan fingerprint density at radius 1 is 0.926 bits per heavy atom. The zero-order valence-electron chi connectivity index (χ0n) is 15.1. The summed E-state index contributed by atoms with van der Waals surface area (Å²) in [5.74, 6) is -1.71. The molecule has 0 heterocycles. The quantitative estimate of drug-likeness (QED) is 0.554. The van der Waals surface area contributed by atoms with Gasteiger partial charge < -0.3 is 14.8 Å². The highest BCUT2D eigenvalue weighted by Gasteiger charge is 2.29. The van der Waals surface area contributed by atoms with Crippen molar-refractivity contribution < 1.29 is 23.9 Å². The van der Waals surface area contributed by atoms with Crippen molar-refractivity contribution in [2.45, 2.75) is 22.6 Å². The van der Waals surface area contributed by atoms with Crippen LogP contribution in [0, 0.1) is 0 Å². The number of thioether (sulfide) groups is 1. The van der Waals surface area contributed by atoms with E-state index in [9.17, 15) is 14.4 Å². The number of carbonyl (C=O) groups excluding carboxylic acids is 3. The van der Waals surface area contributed by atoms with Crippen molar-refractivity contribution in [2.75, 3.05) is 14.2 Å². The molecule has 2 aromatic rings. The lowest BCUT2D eigenvalue weighted by molar-refractivity contribution is -0.150. The lowest BCUT2D eigenvalue weighted by atomic mass is 10.1. The summed E-state index contributed by atoms with van der Waals surface area (Å²) in [5.41, 5.74) is 0.783. The molecule has 2 atom stereocenters. The molecule has 2 aromatic carbocycles. The van der Waals surface area contributed by atoms with Crippen LogP contribution in [0.4, 0.5) is 0 Å². The van der Waals surface area contributed by atoms with Gasteiger partial charge in [-0.1, -0.05) is 48.5 Å². The topological polar surface area (TPSA) is 81.7 Å². The summed E-state index contributed by atoms with van der Waals surface area (Å²) in [6.07, 6.45) is -0.299. The minimum absolute atomic E-state index is 0.299. The van der Waals surface area contributed by atoms with Crippen molar-refractivity contribution in [3.05, 3.63) is 66.2 Å². The minimum atomic E-state index is -1.11. The Hall–Kier alpha value is -2.80. The maximum absolute atomic E-state index is 13.0. The molecule has 27 heavy (non-hydrogen) atoms. The van der Waals surface area contributed by atoms with Gasteiger partial charge in [0.05, 0.1) is 20.6 Å². The Morgan fingerprint density at radius 2 is 1.52 bits per heavy atom. The fourth-order valence-corrected chi connectivity index (χ4v) is 3.42. The van der Waals surface area contributed by atoms with Crippen molar-refractivity contribution >= 4 is 29.6 Å². The van der Waals surface area contributed by atoms with Gasteiger partial charge in [-0.3, -0.25) is 9.59 Å². The maximum atomic E-state index is 13.0. The van der Waals surface area contributed by atoms with Crippen LogP contribution in [-0.2, 0) is 23.9 Å². The van der Waals surface area contributed by atoms with Crippen LogP contribution in [0.2, 0.25) is 0 Å². The van der Waals surface area contributed by atoms with E-state index in [1.54, 1.807) is 0 Å². The van der Waals surface area contributed by atoms with Gasteiger partial charge in [0, 0.05) is 4.90 Å². The second-order valence-corrected chi connectivity index (χ2v) is 6.76. The Kier molecular flexibility index (Phi) is 7.88. The minimum Gasteiger partial charge on any atom is -0.469 e. The molecule has 142 valence electrons. The van der Waals surface area contributed by atoms with E-state index in [1.165, 1.54) is 26.0 Å². The molecule has 0 aliphatic rings. The van der Waals surface area contributed by atoms with Gasteiger partial charge in [-0.15, -0.1) is 11.8 Å². The first-order chi connectivity index (χ1) is 13.0. The molecule has 0 fully saturated rings. The van der Waals surface area contributed by atoms with Gasteiger partial charge in [0.15, 0.2) is 0 Å². The number of ether oxygens (including phenoxy) is 2. The molecule has 0 aromatic heterocycles. The zero-order valence-corrected chi connectivity index (χ0v) is 15.9. The summed E-state index contributed by atoms with van der Waals surface area (Å²) in [6, 6.07) is 17.6. The predicted octanol–water partition coefficient (Wildman–Crippen LogP) is 2.74. The van der Waals surface area contributed by atoms with Crippen molar-refractivity contribution in [2.24, 2.45) is 0 Å². The van der Waals surface area contributed by atoms with Gasteiger partial charge in [-0.25, -0.2) is 4.79 Å². The molecule has 7 heteroatoms. The van der Waals surface area contributed by atoms with E-state index in [0.29, 0.717) is 0 Å². The first-order valence-corrected chi connectivity index (χ1v) is 9.14. The van der Waals surface area contributed by atoms with Crippen LogP contribution in [0.1, 0.15) is 17.2 Å². The highest BCUT2D eigenvalue weighted by Crippen LogP contribution is 2.35. The monoisotopic (exact) mass is 387 g/mol. The summed E-state index contributed by atoms with van der Waals surface area (Å²) in [4.78, 5) is 37.4. The van der Waals surface area contributed by atoms with Crippen LogP contribution in [0.15, 0.2) is 65.6 Å². The lowest BCUT2D eigenvalue weighted by Gasteiger charge is -2.21. The SMILES string of the molecule is COC(=O)C[C@H](NC(=O)[C@H](Sc1ccccc1)c1ccccc1)C(=O)OC. The average Bonchev–Trinajstić information content (AvgIpc) is 2.72. The largest absolute Gasteiger partial charge is 0.469 e. The third-order valence-corrected chi connectivity index (χ3v) is 5.00. The first kappa shape index (κ1) is 20.5. The number of amides is 1. The first-order valence-electron chi connectivity index (χ1n) is 8.26. The second-order valence-electron chi connectivity index (χ2n) is 5.59. The predicted molar refractivity (Wildman–Crippen MR) is 102 cm³/mol. The Labute approximate surface area is 162 Å². The van der Waals surface area contributed by atoms with Gasteiger partial charge in [-0.05, 0) is 17.7 Å². The number of carbonyl (C=O) groups is 3. The molecule has 0 aliphatic heterocycles. The van der Waals surface area contributed by atoms with Crippen LogP contribution in [0.3, 0.4) is 0 Å². The summed E-state index contributed by atoms with van der Waals surface area (Å²) < 4.78 is 9.29. The average molecular weight is 387 g/mol. The van der Waals surface area contributed by atoms with Gasteiger partial charge in [0.1, 0.15) is 11.3 Å². The fraction of sp³-hybridized carbons (Fsp3) is 0.250. The van der Waals surface area contributed by atoms with Crippen molar-refractivity contribution in [3.63, 3.8) is 0 Å². The number of nitrogens with one attached hydrogen (secondary N) is 1. The van der Waals surface area contributed by atoms with E-state index < -0.39 is 29.1 Å². The molecule has 2 rings (SSSR count). The summed E-state index contributed by atoms with van der Waals surface area (Å²) in [6.45, 7) is 0. The lowest BCUT2D eigenvalue weighted by Crippen LogP contribution is -2.44. The van der Waals surface area contributed by atoms with Gasteiger partial charge in [-0.2, -0.15) is 0 Å². The van der Waals surface area contributed by atoms with Crippen LogP contribution in [-0.4, -0.2) is 38.1 Å². The van der Waals surface area contributed by atoms with Crippen molar-refractivity contribution in [3.8, 4) is 0 Å². The van der Waals surface area contributed by atoms with E-state index in [4.69, 9.17) is 4.74 Å². The summed E-state index contributed by atoms with van der Waals surface area (Å²) in [5, 5.41) is 2.02. The molecule has 0 radical (unpaired) electrons. The molecule has 0 spiro atoms. The molecule has 6 nitrogen and oxygen atoms in total.